The van der Waals surface area contributed by atoms with E-state index in [4.69, 9.17) is 4.74 Å². The number of carbonyl (C=O) groups is 1. The molecule has 0 unspecified atom stereocenters. The third kappa shape index (κ3) is 3.79. The third-order valence-electron chi connectivity index (χ3n) is 3.35. The maximum atomic E-state index is 12.5. The molecule has 0 aliphatic heterocycles. The summed E-state index contributed by atoms with van der Waals surface area (Å²) in [7, 11) is 0. The van der Waals surface area contributed by atoms with Crippen LogP contribution in [0.2, 0.25) is 0 Å². The molecule has 114 valence electrons. The smallest absolute Gasteiger partial charge is 0.340 e. The van der Waals surface area contributed by atoms with E-state index in [-0.39, 0.29) is 6.61 Å². The van der Waals surface area contributed by atoms with Crippen molar-refractivity contribution in [2.75, 3.05) is 0 Å². The van der Waals surface area contributed by atoms with Crippen molar-refractivity contribution in [2.24, 2.45) is 0 Å². The Bertz CT molecular complexity index is 804. The van der Waals surface area contributed by atoms with E-state index in [1.807, 2.05) is 60.7 Å². The molecule has 0 spiro atoms. The van der Waals surface area contributed by atoms with Crippen LogP contribution in [0.3, 0.4) is 0 Å². The number of hydrogen-bond acceptors (Lipinski definition) is 4. The zero-order chi connectivity index (χ0) is 16.1. The molecule has 1 heterocycles. The molecular formula is C19H15NO2S. The molecular weight excluding hydrogens is 306 g/mol. The van der Waals surface area contributed by atoms with Gasteiger partial charge >= 0.3 is 5.97 Å². The fourth-order valence-electron chi connectivity index (χ4n) is 2.24. The van der Waals surface area contributed by atoms with Crippen molar-refractivity contribution in [1.82, 2.24) is 4.98 Å². The van der Waals surface area contributed by atoms with E-state index in [1.54, 1.807) is 12.3 Å². The van der Waals surface area contributed by atoms with E-state index in [0.29, 0.717) is 16.2 Å². The normalized spacial score (nSPS) is 10.3. The maximum Gasteiger partial charge on any atom is 0.340 e. The fraction of sp³-hybridized carbons (Fsp3) is 0.0526. The Morgan fingerprint density at radius 1 is 1.00 bits per heavy atom. The van der Waals surface area contributed by atoms with Crippen LogP contribution in [0.5, 0.6) is 0 Å². The maximum absolute atomic E-state index is 12.5. The lowest BCUT2D eigenvalue weighted by Gasteiger charge is -2.10. The van der Waals surface area contributed by atoms with Crippen LogP contribution in [0.4, 0.5) is 0 Å². The lowest BCUT2D eigenvalue weighted by Crippen LogP contribution is -2.08. The molecule has 0 saturated carbocycles. The van der Waals surface area contributed by atoms with Crippen LogP contribution in [-0.2, 0) is 11.3 Å². The Labute approximate surface area is 140 Å². The molecule has 2 aromatic carbocycles. The monoisotopic (exact) mass is 321 g/mol. The molecule has 0 saturated heterocycles. The Morgan fingerprint density at radius 3 is 2.35 bits per heavy atom. The first kappa shape index (κ1) is 15.3. The summed E-state index contributed by atoms with van der Waals surface area (Å²) in [5.41, 5.74) is 2.82. The average molecular weight is 321 g/mol. The van der Waals surface area contributed by atoms with Crippen molar-refractivity contribution in [2.45, 2.75) is 11.5 Å². The topological polar surface area (TPSA) is 39.2 Å². The van der Waals surface area contributed by atoms with Gasteiger partial charge < -0.3 is 4.74 Å². The van der Waals surface area contributed by atoms with Gasteiger partial charge in [0, 0.05) is 16.7 Å². The lowest BCUT2D eigenvalue weighted by atomic mass is 10.1. The average Bonchev–Trinajstić information content (AvgIpc) is 2.61. The summed E-state index contributed by atoms with van der Waals surface area (Å²) in [6.07, 6.45) is 1.62. The minimum atomic E-state index is -0.406. The highest BCUT2D eigenvalue weighted by atomic mass is 32.1. The van der Waals surface area contributed by atoms with Gasteiger partial charge in [-0.1, -0.05) is 60.7 Å². The number of esters is 1. The first-order valence-electron chi connectivity index (χ1n) is 7.19. The van der Waals surface area contributed by atoms with E-state index < -0.39 is 5.97 Å². The van der Waals surface area contributed by atoms with Crippen molar-refractivity contribution in [3.63, 3.8) is 0 Å². The fourth-order valence-corrected chi connectivity index (χ4v) is 2.42. The number of ether oxygens (including phenoxy) is 1. The predicted molar refractivity (Wildman–Crippen MR) is 92.5 cm³/mol. The number of hydrogen-bond donors (Lipinski definition) is 1. The molecule has 0 radical (unpaired) electrons. The number of rotatable bonds is 4. The summed E-state index contributed by atoms with van der Waals surface area (Å²) in [6, 6.07) is 20.8. The molecule has 4 heteroatoms. The second-order valence-corrected chi connectivity index (χ2v) is 5.53. The Balaban J connectivity index is 1.86. The van der Waals surface area contributed by atoms with Crippen LogP contribution in [0.25, 0.3) is 11.3 Å². The molecule has 3 aromatic rings. The highest BCUT2D eigenvalue weighted by Gasteiger charge is 2.16. The molecule has 0 aliphatic carbocycles. The third-order valence-corrected chi connectivity index (χ3v) is 3.60. The zero-order valence-electron chi connectivity index (χ0n) is 12.3. The highest BCUT2D eigenvalue weighted by Crippen LogP contribution is 2.24. The first-order valence-corrected chi connectivity index (χ1v) is 7.64. The Kier molecular flexibility index (Phi) is 4.74. The number of aromatic nitrogens is 1. The van der Waals surface area contributed by atoms with E-state index in [1.165, 1.54) is 0 Å². The minimum absolute atomic E-state index is 0.227. The molecule has 3 rings (SSSR count). The zero-order valence-corrected chi connectivity index (χ0v) is 13.2. The van der Waals surface area contributed by atoms with Crippen molar-refractivity contribution in [3.8, 4) is 11.3 Å². The summed E-state index contributed by atoms with van der Waals surface area (Å²) in [5, 5.41) is 0. The van der Waals surface area contributed by atoms with Crippen LogP contribution in [0.1, 0.15) is 15.9 Å². The molecule has 0 aliphatic rings. The lowest BCUT2D eigenvalue weighted by molar-refractivity contribution is 0.0473. The summed E-state index contributed by atoms with van der Waals surface area (Å²) < 4.78 is 5.42. The quantitative estimate of drug-likeness (QED) is 0.572. The van der Waals surface area contributed by atoms with Crippen molar-refractivity contribution in [3.05, 3.63) is 84.1 Å². The standard InChI is InChI=1S/C19H15NO2S/c21-19(22-13-14-7-3-1-4-8-14)17-11-16(23)12-20-18(17)15-9-5-2-6-10-15/h1-12,23H,13H2. The van der Waals surface area contributed by atoms with Gasteiger partial charge in [-0.05, 0) is 11.6 Å². The van der Waals surface area contributed by atoms with Crippen molar-refractivity contribution < 1.29 is 9.53 Å². The number of pyridine rings is 1. The molecule has 1 aromatic heterocycles. The number of benzene rings is 2. The summed E-state index contributed by atoms with van der Waals surface area (Å²) in [6.45, 7) is 0.227. The van der Waals surface area contributed by atoms with Gasteiger partial charge in [0.05, 0.1) is 11.3 Å². The van der Waals surface area contributed by atoms with Crippen LogP contribution in [-0.4, -0.2) is 11.0 Å². The van der Waals surface area contributed by atoms with E-state index in [2.05, 4.69) is 17.6 Å². The van der Waals surface area contributed by atoms with Gasteiger partial charge in [0.15, 0.2) is 0 Å². The number of nitrogens with zero attached hydrogens (tertiary/aromatic N) is 1. The number of carbonyl (C=O) groups excluding carboxylic acids is 1. The minimum Gasteiger partial charge on any atom is -0.457 e. The molecule has 3 nitrogen and oxygen atoms in total. The second-order valence-electron chi connectivity index (χ2n) is 5.02. The van der Waals surface area contributed by atoms with Gasteiger partial charge in [-0.3, -0.25) is 4.98 Å². The SMILES string of the molecule is O=C(OCc1ccccc1)c1cc(S)cnc1-c1ccccc1. The van der Waals surface area contributed by atoms with Gasteiger partial charge in [0.1, 0.15) is 6.61 Å². The van der Waals surface area contributed by atoms with E-state index in [9.17, 15) is 4.79 Å². The Hall–Kier alpha value is -2.59. The molecule has 0 bridgehead atoms. The molecule has 0 N–H and O–H groups in total. The van der Waals surface area contributed by atoms with Gasteiger partial charge in [-0.25, -0.2) is 4.79 Å². The van der Waals surface area contributed by atoms with Crippen LogP contribution in [0.15, 0.2) is 77.8 Å². The van der Waals surface area contributed by atoms with Gasteiger partial charge in [0.25, 0.3) is 0 Å². The van der Waals surface area contributed by atoms with Crippen molar-refractivity contribution >= 4 is 18.6 Å². The summed E-state index contributed by atoms with van der Waals surface area (Å²) >= 11 is 4.28. The van der Waals surface area contributed by atoms with E-state index in [0.717, 1.165) is 11.1 Å². The summed E-state index contributed by atoms with van der Waals surface area (Å²) in [4.78, 5) is 17.4. The van der Waals surface area contributed by atoms with Gasteiger partial charge in [-0.15, -0.1) is 12.6 Å². The highest BCUT2D eigenvalue weighted by molar-refractivity contribution is 7.80. The molecule has 23 heavy (non-hydrogen) atoms. The molecule has 0 atom stereocenters. The van der Waals surface area contributed by atoms with Crippen LogP contribution in [0, 0.1) is 0 Å². The first-order chi connectivity index (χ1) is 11.2. The van der Waals surface area contributed by atoms with Crippen LogP contribution < -0.4 is 0 Å². The Morgan fingerprint density at radius 2 is 1.65 bits per heavy atom. The molecule has 0 fully saturated rings. The van der Waals surface area contributed by atoms with Crippen LogP contribution >= 0.6 is 12.6 Å². The molecule has 0 amide bonds. The number of thiol groups is 1. The van der Waals surface area contributed by atoms with Gasteiger partial charge in [-0.2, -0.15) is 0 Å². The van der Waals surface area contributed by atoms with Crippen molar-refractivity contribution in [1.29, 1.82) is 0 Å². The van der Waals surface area contributed by atoms with E-state index >= 15 is 0 Å². The largest absolute Gasteiger partial charge is 0.457 e. The predicted octanol–water partition coefficient (Wildman–Crippen LogP) is 4.39. The second kappa shape index (κ2) is 7.11. The van der Waals surface area contributed by atoms with Gasteiger partial charge in [0.2, 0.25) is 0 Å². The summed E-state index contributed by atoms with van der Waals surface area (Å²) in [5.74, 6) is -0.406.